The number of imidazole rings is 1. The number of aryl methyl sites for hydroxylation is 1. The van der Waals surface area contributed by atoms with E-state index in [9.17, 15) is 4.79 Å². The highest BCUT2D eigenvalue weighted by molar-refractivity contribution is 5.80. The topological polar surface area (TPSA) is 81.4 Å². The molecule has 2 heterocycles. The summed E-state index contributed by atoms with van der Waals surface area (Å²) < 4.78 is 3.91. The Morgan fingerprint density at radius 2 is 1.76 bits per heavy atom. The molecular weight excluding hydrogens is 412 g/mol. The van der Waals surface area contributed by atoms with E-state index in [1.165, 1.54) is 37.8 Å². The molecular formula is C26H30N6O. The maximum absolute atomic E-state index is 13.2. The first kappa shape index (κ1) is 21.4. The molecule has 170 valence electrons. The Labute approximate surface area is 193 Å². The minimum absolute atomic E-state index is 0.115. The summed E-state index contributed by atoms with van der Waals surface area (Å²) in [6, 6.07) is 16.5. The Bertz CT molecular complexity index is 1250. The molecule has 1 fully saturated rings. The number of tetrazole rings is 1. The molecule has 1 aliphatic carbocycles. The second-order valence-corrected chi connectivity index (χ2v) is 8.93. The molecule has 1 N–H and O–H groups in total. The van der Waals surface area contributed by atoms with Crippen LogP contribution in [0.25, 0.3) is 22.5 Å². The Morgan fingerprint density at radius 1 is 1.00 bits per heavy atom. The van der Waals surface area contributed by atoms with Crippen LogP contribution in [-0.2, 0) is 13.1 Å². The lowest BCUT2D eigenvalue weighted by Crippen LogP contribution is -2.26. The van der Waals surface area contributed by atoms with Crippen molar-refractivity contribution in [1.29, 1.82) is 0 Å². The summed E-state index contributed by atoms with van der Waals surface area (Å²) in [5.74, 6) is 1.07. The first-order chi connectivity index (χ1) is 16.2. The van der Waals surface area contributed by atoms with E-state index in [4.69, 9.17) is 0 Å². The smallest absolute Gasteiger partial charge is 0.299 e. The van der Waals surface area contributed by atoms with Crippen molar-refractivity contribution >= 4 is 0 Å². The maximum Gasteiger partial charge on any atom is 0.328 e. The third-order valence-corrected chi connectivity index (χ3v) is 6.68. The average Bonchev–Trinajstić information content (AvgIpc) is 3.50. The molecule has 5 rings (SSSR count). The highest BCUT2D eigenvalue weighted by Crippen LogP contribution is 2.33. The number of nitrogens with one attached hydrogen (secondary N) is 1. The summed E-state index contributed by atoms with van der Waals surface area (Å²) >= 11 is 0. The molecule has 2 aromatic heterocycles. The van der Waals surface area contributed by atoms with Gasteiger partial charge < -0.3 is 0 Å². The molecule has 0 amide bonds. The number of hydrogen-bond acceptors (Lipinski definition) is 4. The highest BCUT2D eigenvalue weighted by atomic mass is 16.1. The Morgan fingerprint density at radius 3 is 2.45 bits per heavy atom. The van der Waals surface area contributed by atoms with Gasteiger partial charge in [-0.15, -0.1) is 10.2 Å². The molecule has 1 aliphatic rings. The SMILES string of the molecule is CCCn1cc(C2CCCCC2)n(Cc2ccc(-c3ccccc3-c3nn[nH]n3)cc2)c1=O. The molecule has 0 spiro atoms. The van der Waals surface area contributed by atoms with Gasteiger partial charge in [-0.3, -0.25) is 9.13 Å². The Balaban J connectivity index is 1.44. The fourth-order valence-electron chi connectivity index (χ4n) is 5.01. The van der Waals surface area contributed by atoms with Gasteiger partial charge in [0.2, 0.25) is 5.82 Å². The standard InChI is InChI=1S/C26H30N6O/c1-2-16-31-18-24(21-8-4-3-5-9-21)32(26(31)33)17-19-12-14-20(15-13-19)22-10-6-7-11-23(22)25-27-29-30-28-25/h6-7,10-15,18,21H,2-5,8-9,16-17H2,1H3,(H,27,28,29,30). The van der Waals surface area contributed by atoms with Crippen molar-refractivity contribution in [2.75, 3.05) is 0 Å². The van der Waals surface area contributed by atoms with Crippen LogP contribution >= 0.6 is 0 Å². The molecule has 1 saturated carbocycles. The van der Waals surface area contributed by atoms with Gasteiger partial charge in [-0.05, 0) is 41.2 Å². The third-order valence-electron chi connectivity index (χ3n) is 6.68. The Kier molecular flexibility index (Phi) is 6.19. The van der Waals surface area contributed by atoms with Crippen molar-refractivity contribution in [2.24, 2.45) is 0 Å². The van der Waals surface area contributed by atoms with Gasteiger partial charge in [0.1, 0.15) is 0 Å². The second kappa shape index (κ2) is 9.57. The van der Waals surface area contributed by atoms with Crippen LogP contribution in [0.3, 0.4) is 0 Å². The normalized spacial score (nSPS) is 14.6. The third kappa shape index (κ3) is 4.40. The average molecular weight is 443 g/mol. The Hall–Kier alpha value is -3.48. The van der Waals surface area contributed by atoms with Crippen LogP contribution in [0.5, 0.6) is 0 Å². The van der Waals surface area contributed by atoms with Crippen LogP contribution in [-0.4, -0.2) is 29.8 Å². The molecule has 0 aliphatic heterocycles. The first-order valence-electron chi connectivity index (χ1n) is 12.0. The van der Waals surface area contributed by atoms with Crippen molar-refractivity contribution in [3.63, 3.8) is 0 Å². The maximum atomic E-state index is 13.2. The van der Waals surface area contributed by atoms with Gasteiger partial charge in [-0.25, -0.2) is 4.79 Å². The van der Waals surface area contributed by atoms with Crippen LogP contribution in [0.2, 0.25) is 0 Å². The number of nitrogens with zero attached hydrogens (tertiary/aromatic N) is 5. The summed E-state index contributed by atoms with van der Waals surface area (Å²) in [7, 11) is 0. The van der Waals surface area contributed by atoms with E-state index in [-0.39, 0.29) is 5.69 Å². The predicted octanol–water partition coefficient (Wildman–Crippen LogP) is 5.00. The van der Waals surface area contributed by atoms with Gasteiger partial charge in [0.05, 0.1) is 6.54 Å². The van der Waals surface area contributed by atoms with Crippen LogP contribution < -0.4 is 5.69 Å². The number of hydrogen-bond donors (Lipinski definition) is 1. The lowest BCUT2D eigenvalue weighted by molar-refractivity contribution is 0.425. The van der Waals surface area contributed by atoms with E-state index in [1.807, 2.05) is 27.3 Å². The monoisotopic (exact) mass is 442 g/mol. The summed E-state index contributed by atoms with van der Waals surface area (Å²) in [5.41, 5.74) is 5.53. The lowest BCUT2D eigenvalue weighted by Gasteiger charge is -2.22. The molecule has 4 aromatic rings. The van der Waals surface area contributed by atoms with Crippen molar-refractivity contribution < 1.29 is 0 Å². The second-order valence-electron chi connectivity index (χ2n) is 8.93. The van der Waals surface area contributed by atoms with Gasteiger partial charge in [0.25, 0.3) is 0 Å². The molecule has 33 heavy (non-hydrogen) atoms. The molecule has 7 nitrogen and oxygen atoms in total. The molecule has 2 aromatic carbocycles. The molecule has 0 saturated heterocycles. The first-order valence-corrected chi connectivity index (χ1v) is 12.0. The van der Waals surface area contributed by atoms with Crippen LogP contribution in [0.1, 0.15) is 62.6 Å². The zero-order valence-electron chi connectivity index (χ0n) is 19.1. The number of H-pyrrole nitrogens is 1. The van der Waals surface area contributed by atoms with Crippen LogP contribution in [0, 0.1) is 0 Å². The zero-order chi connectivity index (χ0) is 22.6. The van der Waals surface area contributed by atoms with Gasteiger partial charge >= 0.3 is 5.69 Å². The van der Waals surface area contributed by atoms with E-state index in [1.54, 1.807) is 0 Å². The fourth-order valence-corrected chi connectivity index (χ4v) is 5.01. The van der Waals surface area contributed by atoms with Crippen LogP contribution in [0.15, 0.2) is 59.5 Å². The minimum atomic E-state index is 0.115. The number of aromatic amines is 1. The van der Waals surface area contributed by atoms with Gasteiger partial charge in [-0.2, -0.15) is 5.21 Å². The number of rotatable bonds is 7. The van der Waals surface area contributed by atoms with E-state index in [2.05, 4.69) is 64.1 Å². The van der Waals surface area contributed by atoms with E-state index in [0.29, 0.717) is 18.3 Å². The van der Waals surface area contributed by atoms with Gasteiger partial charge in [0, 0.05) is 29.9 Å². The molecule has 0 radical (unpaired) electrons. The highest BCUT2D eigenvalue weighted by Gasteiger charge is 2.22. The quantitative estimate of drug-likeness (QED) is 0.437. The van der Waals surface area contributed by atoms with Gasteiger partial charge in [-0.1, -0.05) is 74.7 Å². The van der Waals surface area contributed by atoms with Crippen molar-refractivity contribution in [3.05, 3.63) is 76.5 Å². The van der Waals surface area contributed by atoms with Crippen molar-refractivity contribution in [2.45, 2.75) is 64.5 Å². The predicted molar refractivity (Wildman–Crippen MR) is 129 cm³/mol. The van der Waals surface area contributed by atoms with Crippen LogP contribution in [0.4, 0.5) is 0 Å². The van der Waals surface area contributed by atoms with E-state index < -0.39 is 0 Å². The van der Waals surface area contributed by atoms with E-state index in [0.717, 1.165) is 35.2 Å². The molecule has 0 bridgehead atoms. The van der Waals surface area contributed by atoms with Gasteiger partial charge in [0.15, 0.2) is 0 Å². The summed E-state index contributed by atoms with van der Waals surface area (Å²) in [6.07, 6.45) is 9.27. The minimum Gasteiger partial charge on any atom is -0.299 e. The lowest BCUT2D eigenvalue weighted by atomic mass is 9.87. The van der Waals surface area contributed by atoms with Crippen molar-refractivity contribution in [1.82, 2.24) is 29.8 Å². The largest absolute Gasteiger partial charge is 0.328 e. The summed E-state index contributed by atoms with van der Waals surface area (Å²) in [6.45, 7) is 3.50. The number of benzene rings is 2. The fraction of sp³-hybridized carbons (Fsp3) is 0.385. The van der Waals surface area contributed by atoms with E-state index >= 15 is 0 Å². The summed E-state index contributed by atoms with van der Waals surface area (Å²) in [4.78, 5) is 13.2. The molecule has 7 heteroatoms. The summed E-state index contributed by atoms with van der Waals surface area (Å²) in [5, 5.41) is 14.5. The molecule has 0 unspecified atom stereocenters. The number of aromatic nitrogens is 6. The van der Waals surface area contributed by atoms with Crippen molar-refractivity contribution in [3.8, 4) is 22.5 Å². The molecule has 0 atom stereocenters. The zero-order valence-corrected chi connectivity index (χ0v) is 19.1.